The van der Waals surface area contributed by atoms with E-state index in [-0.39, 0.29) is 28.9 Å². The highest BCUT2D eigenvalue weighted by Gasteiger charge is 2.21. The first-order valence-electron chi connectivity index (χ1n) is 11.2. The molecule has 2 atom stereocenters. The van der Waals surface area contributed by atoms with Gasteiger partial charge in [-0.1, -0.05) is 41.4 Å². The molecule has 1 aromatic heterocycles. The van der Waals surface area contributed by atoms with Crippen molar-refractivity contribution in [2.24, 2.45) is 5.10 Å². The Hall–Kier alpha value is -2.91. The van der Waals surface area contributed by atoms with Crippen LogP contribution in [-0.4, -0.2) is 41.7 Å². The van der Waals surface area contributed by atoms with Gasteiger partial charge >= 0.3 is 5.97 Å². The van der Waals surface area contributed by atoms with Crippen LogP contribution in [0.3, 0.4) is 0 Å². The smallest absolute Gasteiger partial charge is 0.347 e. The van der Waals surface area contributed by atoms with Gasteiger partial charge in [0, 0.05) is 10.4 Å². The Labute approximate surface area is 217 Å². The lowest BCUT2D eigenvalue weighted by molar-refractivity contribution is -0.150. The molecule has 10 heteroatoms. The van der Waals surface area contributed by atoms with Crippen LogP contribution in [0.4, 0.5) is 0 Å². The van der Waals surface area contributed by atoms with Crippen molar-refractivity contribution in [3.63, 3.8) is 0 Å². The fourth-order valence-electron chi connectivity index (χ4n) is 3.32. The number of carbonyl (C=O) groups excluding carboxylic acids is 1. The third kappa shape index (κ3) is 6.02. The molecule has 0 fully saturated rings. The lowest BCUT2D eigenvalue weighted by Crippen LogP contribution is -2.26. The second kappa shape index (κ2) is 11.7. The van der Waals surface area contributed by atoms with Gasteiger partial charge in [0.2, 0.25) is 0 Å². The molecule has 8 nitrogen and oxygen atoms in total. The number of halogens is 2. The number of fused-ring (bicyclic) bond motifs is 1. The maximum Gasteiger partial charge on any atom is 0.347 e. The Bertz CT molecular complexity index is 1320. The van der Waals surface area contributed by atoms with Crippen molar-refractivity contribution in [1.82, 2.24) is 9.66 Å². The van der Waals surface area contributed by atoms with E-state index in [0.717, 1.165) is 10.9 Å². The molecule has 1 heterocycles. The summed E-state index contributed by atoms with van der Waals surface area (Å²) in [7, 11) is 1.46. The van der Waals surface area contributed by atoms with Crippen LogP contribution >= 0.6 is 27.5 Å². The number of esters is 1. The SMILES string of the molecule is CCOC(=O)[C@H](C)Oc1c(Cl)cc(C=Nn2c([C@H](C)CC)nc3ccc(Br)cc3c2=O)cc1OC. The first-order valence-corrected chi connectivity index (χ1v) is 12.3. The largest absolute Gasteiger partial charge is 0.493 e. The fourth-order valence-corrected chi connectivity index (χ4v) is 3.94. The van der Waals surface area contributed by atoms with Crippen molar-refractivity contribution in [2.75, 3.05) is 13.7 Å². The topological polar surface area (TPSA) is 92.0 Å². The monoisotopic (exact) mass is 563 g/mol. The Kier molecular flexibility index (Phi) is 8.91. The number of hydrogen-bond acceptors (Lipinski definition) is 7. The highest BCUT2D eigenvalue weighted by atomic mass is 79.9. The molecule has 2 aromatic carbocycles. The second-order valence-corrected chi connectivity index (χ2v) is 9.17. The van der Waals surface area contributed by atoms with E-state index in [2.05, 4.69) is 21.0 Å². The van der Waals surface area contributed by atoms with Crippen LogP contribution in [0.5, 0.6) is 11.5 Å². The second-order valence-electron chi connectivity index (χ2n) is 7.85. The number of hydrogen-bond donors (Lipinski definition) is 0. The van der Waals surface area contributed by atoms with Gasteiger partial charge in [0.15, 0.2) is 17.6 Å². The zero-order valence-electron chi connectivity index (χ0n) is 20.2. The Morgan fingerprint density at radius 2 is 2.00 bits per heavy atom. The van der Waals surface area contributed by atoms with E-state index in [4.69, 9.17) is 30.8 Å². The van der Waals surface area contributed by atoms with Crippen molar-refractivity contribution < 1.29 is 19.0 Å². The summed E-state index contributed by atoms with van der Waals surface area (Å²) >= 11 is 9.86. The predicted octanol–water partition coefficient (Wildman–Crippen LogP) is 5.55. The number of rotatable bonds is 9. The maximum atomic E-state index is 13.3. The molecule has 3 rings (SSSR count). The summed E-state index contributed by atoms with van der Waals surface area (Å²) in [4.78, 5) is 30.0. The summed E-state index contributed by atoms with van der Waals surface area (Å²) < 4.78 is 18.2. The van der Waals surface area contributed by atoms with Gasteiger partial charge in [-0.15, -0.1) is 0 Å². The van der Waals surface area contributed by atoms with Crippen LogP contribution < -0.4 is 15.0 Å². The number of aromatic nitrogens is 2. The molecule has 0 aliphatic heterocycles. The first kappa shape index (κ1) is 26.7. The summed E-state index contributed by atoms with van der Waals surface area (Å²) in [6, 6.07) is 8.65. The molecule has 0 spiro atoms. The van der Waals surface area contributed by atoms with E-state index in [1.165, 1.54) is 18.0 Å². The third-order valence-electron chi connectivity index (χ3n) is 5.37. The maximum absolute atomic E-state index is 13.3. The van der Waals surface area contributed by atoms with Gasteiger partial charge in [-0.25, -0.2) is 9.78 Å². The van der Waals surface area contributed by atoms with Gasteiger partial charge in [-0.05, 0) is 56.2 Å². The van der Waals surface area contributed by atoms with E-state index in [9.17, 15) is 9.59 Å². The van der Waals surface area contributed by atoms with Crippen LogP contribution in [0, 0.1) is 0 Å². The average Bonchev–Trinajstić information content (AvgIpc) is 2.84. The van der Waals surface area contributed by atoms with E-state index in [1.54, 1.807) is 38.1 Å². The highest BCUT2D eigenvalue weighted by Crippen LogP contribution is 2.37. The molecule has 0 bridgehead atoms. The number of nitrogens with zero attached hydrogens (tertiary/aromatic N) is 3. The zero-order valence-corrected chi connectivity index (χ0v) is 22.5. The number of benzene rings is 2. The van der Waals surface area contributed by atoms with Crippen molar-refractivity contribution in [2.45, 2.75) is 46.1 Å². The van der Waals surface area contributed by atoms with Gasteiger partial charge in [0.1, 0.15) is 5.82 Å². The van der Waals surface area contributed by atoms with Gasteiger partial charge in [-0.3, -0.25) is 4.79 Å². The lowest BCUT2D eigenvalue weighted by atomic mass is 10.1. The summed E-state index contributed by atoms with van der Waals surface area (Å²) in [5.74, 6) is 0.575. The first-order chi connectivity index (χ1) is 16.7. The van der Waals surface area contributed by atoms with Crippen molar-refractivity contribution in [3.05, 3.63) is 61.6 Å². The van der Waals surface area contributed by atoms with Gasteiger partial charge in [-0.2, -0.15) is 9.78 Å². The normalized spacial score (nSPS) is 13.1. The third-order valence-corrected chi connectivity index (χ3v) is 6.15. The number of carbonyl (C=O) groups is 1. The standard InChI is InChI=1S/C25H27BrClN3O5/c1-6-14(3)23-29-20-9-8-17(26)12-18(20)24(31)30(23)28-13-16-10-19(27)22(21(11-16)33-5)35-15(4)25(32)34-7-2/h8-15H,6-7H2,1-5H3/t14-,15+/m1/s1. The van der Waals surface area contributed by atoms with Crippen molar-refractivity contribution >= 4 is 50.6 Å². The summed E-state index contributed by atoms with van der Waals surface area (Å²) in [6.45, 7) is 7.54. The Morgan fingerprint density at radius 3 is 2.66 bits per heavy atom. The quantitative estimate of drug-likeness (QED) is 0.250. The van der Waals surface area contributed by atoms with Crippen LogP contribution in [0.15, 0.2) is 44.7 Å². The molecule has 0 radical (unpaired) electrons. The molecule has 0 saturated carbocycles. The molecule has 35 heavy (non-hydrogen) atoms. The molecular weight excluding hydrogens is 538 g/mol. The minimum atomic E-state index is -0.875. The van der Waals surface area contributed by atoms with Crippen molar-refractivity contribution in [1.29, 1.82) is 0 Å². The van der Waals surface area contributed by atoms with E-state index >= 15 is 0 Å². The van der Waals surface area contributed by atoms with Gasteiger partial charge in [0.05, 0.1) is 35.9 Å². The van der Waals surface area contributed by atoms with Gasteiger partial charge in [0.25, 0.3) is 5.56 Å². The molecule has 0 N–H and O–H groups in total. The molecular formula is C25H27BrClN3O5. The van der Waals surface area contributed by atoms with Crippen LogP contribution in [0.2, 0.25) is 5.02 Å². The summed E-state index contributed by atoms with van der Waals surface area (Å²) in [5, 5.41) is 5.13. The molecule has 0 aliphatic carbocycles. The van der Waals surface area contributed by atoms with E-state index in [0.29, 0.717) is 28.0 Å². The van der Waals surface area contributed by atoms with E-state index in [1.807, 2.05) is 19.9 Å². The predicted molar refractivity (Wildman–Crippen MR) is 140 cm³/mol. The summed E-state index contributed by atoms with van der Waals surface area (Å²) in [5.41, 5.74) is 0.908. The highest BCUT2D eigenvalue weighted by molar-refractivity contribution is 9.10. The molecule has 0 saturated heterocycles. The number of ether oxygens (including phenoxy) is 3. The molecule has 0 unspecified atom stereocenters. The zero-order chi connectivity index (χ0) is 25.7. The molecule has 0 aliphatic rings. The molecule has 3 aromatic rings. The fraction of sp³-hybridized carbons (Fsp3) is 0.360. The van der Waals surface area contributed by atoms with Crippen LogP contribution in [0.1, 0.15) is 51.4 Å². The van der Waals surface area contributed by atoms with Gasteiger partial charge < -0.3 is 14.2 Å². The Morgan fingerprint density at radius 1 is 1.26 bits per heavy atom. The van der Waals surface area contributed by atoms with Crippen molar-refractivity contribution in [3.8, 4) is 11.5 Å². The average molecular weight is 565 g/mol. The lowest BCUT2D eigenvalue weighted by Gasteiger charge is -2.17. The van der Waals surface area contributed by atoms with Crippen LogP contribution in [-0.2, 0) is 9.53 Å². The minimum Gasteiger partial charge on any atom is -0.493 e. The van der Waals surface area contributed by atoms with E-state index < -0.39 is 12.1 Å². The molecule has 0 amide bonds. The molecule has 186 valence electrons. The summed E-state index contributed by atoms with van der Waals surface area (Å²) in [6.07, 6.45) is 1.42. The van der Waals surface area contributed by atoms with Crippen LogP contribution in [0.25, 0.3) is 10.9 Å². The number of methoxy groups -OCH3 is 1. The Balaban J connectivity index is 2.04. The minimum absolute atomic E-state index is 0.00570.